The third-order valence-corrected chi connectivity index (χ3v) is 8.46. The van der Waals surface area contributed by atoms with Crippen molar-refractivity contribution in [2.24, 2.45) is 29.6 Å². The molecule has 0 radical (unpaired) electrons. The lowest BCUT2D eigenvalue weighted by Gasteiger charge is -2.30. The summed E-state index contributed by atoms with van der Waals surface area (Å²) in [5.74, 6) is 4.81. The van der Waals surface area contributed by atoms with Crippen molar-refractivity contribution in [3.63, 3.8) is 0 Å². The molecule has 0 aromatic carbocycles. The summed E-state index contributed by atoms with van der Waals surface area (Å²) in [7, 11) is -2.74. The van der Waals surface area contributed by atoms with Crippen molar-refractivity contribution in [2.75, 3.05) is 18.1 Å². The van der Waals surface area contributed by atoms with Crippen LogP contribution in [0.15, 0.2) is 0 Å². The van der Waals surface area contributed by atoms with Gasteiger partial charge in [-0.2, -0.15) is 0 Å². The fourth-order valence-electron chi connectivity index (χ4n) is 5.30. The third-order valence-electron chi connectivity index (χ3n) is 6.67. The largest absolute Gasteiger partial charge is 0.314 e. The molecule has 0 amide bonds. The van der Waals surface area contributed by atoms with Gasteiger partial charge in [-0.05, 0) is 81.1 Å². The van der Waals surface area contributed by atoms with Gasteiger partial charge >= 0.3 is 0 Å². The first-order chi connectivity index (χ1) is 10.1. The van der Waals surface area contributed by atoms with E-state index in [0.717, 1.165) is 36.8 Å². The fourth-order valence-corrected chi connectivity index (χ4v) is 7.22. The SMILES string of the molecule is O=S1(=O)CCC(C(CNC2CC2)CC2CC3CCC2C3)C1. The molecule has 4 aliphatic rings. The summed E-state index contributed by atoms with van der Waals surface area (Å²) in [6, 6.07) is 0.741. The zero-order chi connectivity index (χ0) is 14.4. The first kappa shape index (κ1) is 14.5. The van der Waals surface area contributed by atoms with Crippen molar-refractivity contribution in [1.29, 1.82) is 0 Å². The summed E-state index contributed by atoms with van der Waals surface area (Å²) in [4.78, 5) is 0. The van der Waals surface area contributed by atoms with E-state index in [1.807, 2.05) is 0 Å². The van der Waals surface area contributed by atoms with Crippen LogP contribution in [0, 0.1) is 29.6 Å². The first-order valence-electron chi connectivity index (χ1n) is 9.03. The number of rotatable bonds is 6. The Morgan fingerprint density at radius 3 is 2.48 bits per heavy atom. The molecule has 120 valence electrons. The smallest absolute Gasteiger partial charge is 0.150 e. The Labute approximate surface area is 129 Å². The minimum atomic E-state index is -2.74. The highest BCUT2D eigenvalue weighted by Crippen LogP contribution is 2.51. The van der Waals surface area contributed by atoms with E-state index in [1.54, 1.807) is 0 Å². The molecule has 21 heavy (non-hydrogen) atoms. The Balaban J connectivity index is 1.39. The van der Waals surface area contributed by atoms with Gasteiger partial charge in [0.1, 0.15) is 0 Å². The minimum absolute atomic E-state index is 0.431. The lowest BCUT2D eigenvalue weighted by molar-refractivity contribution is 0.221. The van der Waals surface area contributed by atoms with Crippen molar-refractivity contribution >= 4 is 9.84 Å². The van der Waals surface area contributed by atoms with Crippen molar-refractivity contribution in [3.8, 4) is 0 Å². The topological polar surface area (TPSA) is 46.2 Å². The van der Waals surface area contributed by atoms with Gasteiger partial charge in [0.05, 0.1) is 11.5 Å². The summed E-state index contributed by atoms with van der Waals surface area (Å²) < 4.78 is 23.7. The molecule has 5 unspecified atom stereocenters. The lowest BCUT2D eigenvalue weighted by Crippen LogP contribution is -2.32. The first-order valence-corrected chi connectivity index (χ1v) is 10.8. The molecule has 3 aliphatic carbocycles. The maximum Gasteiger partial charge on any atom is 0.150 e. The second-order valence-electron chi connectivity index (χ2n) is 8.28. The van der Waals surface area contributed by atoms with Gasteiger partial charge in [-0.3, -0.25) is 0 Å². The monoisotopic (exact) mass is 311 g/mol. The van der Waals surface area contributed by atoms with Gasteiger partial charge < -0.3 is 5.32 Å². The van der Waals surface area contributed by atoms with Crippen LogP contribution >= 0.6 is 0 Å². The second kappa shape index (κ2) is 5.52. The van der Waals surface area contributed by atoms with Crippen LogP contribution in [0.5, 0.6) is 0 Å². The Hall–Kier alpha value is -0.0900. The predicted molar refractivity (Wildman–Crippen MR) is 84.8 cm³/mol. The maximum atomic E-state index is 11.8. The molecule has 4 heteroatoms. The van der Waals surface area contributed by atoms with Crippen LogP contribution in [0.4, 0.5) is 0 Å². The summed E-state index contributed by atoms with van der Waals surface area (Å²) in [6.07, 6.45) is 10.7. The Morgan fingerprint density at radius 2 is 1.90 bits per heavy atom. The number of hydrogen-bond donors (Lipinski definition) is 1. The number of sulfone groups is 1. The molecule has 1 heterocycles. The van der Waals surface area contributed by atoms with Crippen molar-refractivity contribution in [2.45, 2.75) is 57.4 Å². The van der Waals surface area contributed by atoms with Crippen molar-refractivity contribution < 1.29 is 8.42 Å². The summed E-state index contributed by atoms with van der Waals surface area (Å²) >= 11 is 0. The molecule has 0 spiro atoms. The molecule has 5 atom stereocenters. The zero-order valence-electron chi connectivity index (χ0n) is 13.0. The molecule has 4 rings (SSSR count). The van der Waals surface area contributed by atoms with E-state index in [0.29, 0.717) is 23.3 Å². The second-order valence-corrected chi connectivity index (χ2v) is 10.5. The number of fused-ring (bicyclic) bond motifs is 2. The molecular formula is C17H29NO2S. The van der Waals surface area contributed by atoms with E-state index in [-0.39, 0.29) is 0 Å². The molecule has 4 fully saturated rings. The lowest BCUT2D eigenvalue weighted by atomic mass is 9.77. The quantitative estimate of drug-likeness (QED) is 0.820. The average Bonchev–Trinajstić information content (AvgIpc) is 2.86. The highest BCUT2D eigenvalue weighted by Gasteiger charge is 2.42. The van der Waals surface area contributed by atoms with Crippen LogP contribution in [0.1, 0.15) is 51.4 Å². The maximum absolute atomic E-state index is 11.8. The van der Waals surface area contributed by atoms with Crippen LogP contribution in [-0.4, -0.2) is 32.5 Å². The van der Waals surface area contributed by atoms with Crippen LogP contribution in [0.3, 0.4) is 0 Å². The highest BCUT2D eigenvalue weighted by molar-refractivity contribution is 7.91. The highest BCUT2D eigenvalue weighted by atomic mass is 32.2. The van der Waals surface area contributed by atoms with Gasteiger partial charge in [-0.15, -0.1) is 0 Å². The van der Waals surface area contributed by atoms with Gasteiger partial charge in [-0.1, -0.05) is 6.42 Å². The predicted octanol–water partition coefficient (Wildman–Crippen LogP) is 2.62. The summed E-state index contributed by atoms with van der Waals surface area (Å²) in [6.45, 7) is 1.07. The Bertz CT molecular complexity index is 485. The number of hydrogen-bond acceptors (Lipinski definition) is 3. The molecule has 3 saturated carbocycles. The van der Waals surface area contributed by atoms with Gasteiger partial charge in [0.15, 0.2) is 9.84 Å². The van der Waals surface area contributed by atoms with E-state index >= 15 is 0 Å². The van der Waals surface area contributed by atoms with Crippen molar-refractivity contribution in [3.05, 3.63) is 0 Å². The van der Waals surface area contributed by atoms with Crippen molar-refractivity contribution in [1.82, 2.24) is 5.32 Å². The van der Waals surface area contributed by atoms with Crippen LogP contribution in [0.25, 0.3) is 0 Å². The number of nitrogens with one attached hydrogen (secondary N) is 1. The molecule has 0 aromatic rings. The van der Waals surface area contributed by atoms with Gasteiger partial charge in [0.25, 0.3) is 0 Å². The molecule has 3 nitrogen and oxygen atoms in total. The van der Waals surface area contributed by atoms with E-state index in [2.05, 4.69) is 5.32 Å². The van der Waals surface area contributed by atoms with Crippen LogP contribution in [-0.2, 0) is 9.84 Å². The summed E-state index contributed by atoms with van der Waals surface area (Å²) in [5.41, 5.74) is 0. The molecular weight excluding hydrogens is 282 g/mol. The van der Waals surface area contributed by atoms with E-state index in [9.17, 15) is 8.42 Å². The van der Waals surface area contributed by atoms with Gasteiger partial charge in [0.2, 0.25) is 0 Å². The Kier molecular flexibility index (Phi) is 3.81. The standard InChI is InChI=1S/C17H29NO2S/c19-21(20)6-5-14(11-21)16(10-18-17-3-4-17)9-15-8-12-1-2-13(15)7-12/h12-18H,1-11H2. The van der Waals surface area contributed by atoms with E-state index in [1.165, 1.54) is 44.9 Å². The normalized spacial score (nSPS) is 42.5. The molecule has 2 bridgehead atoms. The third kappa shape index (κ3) is 3.31. The molecule has 1 aliphatic heterocycles. The molecule has 1 saturated heterocycles. The van der Waals surface area contributed by atoms with Crippen LogP contribution in [0.2, 0.25) is 0 Å². The van der Waals surface area contributed by atoms with E-state index < -0.39 is 9.84 Å². The molecule has 1 N–H and O–H groups in total. The summed E-state index contributed by atoms with van der Waals surface area (Å²) in [5, 5.41) is 3.68. The zero-order valence-corrected chi connectivity index (χ0v) is 13.8. The minimum Gasteiger partial charge on any atom is -0.314 e. The average molecular weight is 311 g/mol. The molecule has 0 aromatic heterocycles. The van der Waals surface area contributed by atoms with Crippen LogP contribution < -0.4 is 5.32 Å². The van der Waals surface area contributed by atoms with Gasteiger partial charge in [0, 0.05) is 6.04 Å². The Morgan fingerprint density at radius 1 is 1.05 bits per heavy atom. The van der Waals surface area contributed by atoms with E-state index in [4.69, 9.17) is 0 Å². The van der Waals surface area contributed by atoms with Gasteiger partial charge in [-0.25, -0.2) is 8.42 Å². The fraction of sp³-hybridized carbons (Fsp3) is 1.00.